The molecule has 6 nitrogen and oxygen atoms in total. The molecular formula is C22H25NO5S. The molecule has 2 aromatic rings. The molecule has 154 valence electrons. The van der Waals surface area contributed by atoms with E-state index in [0.29, 0.717) is 11.1 Å². The van der Waals surface area contributed by atoms with Gasteiger partial charge in [-0.25, -0.2) is 13.2 Å². The van der Waals surface area contributed by atoms with Crippen molar-refractivity contribution in [2.45, 2.75) is 25.7 Å². The van der Waals surface area contributed by atoms with Crippen LogP contribution in [0, 0.1) is 18.3 Å². The monoisotopic (exact) mass is 415 g/mol. The van der Waals surface area contributed by atoms with Crippen LogP contribution in [0.3, 0.4) is 0 Å². The maximum Gasteiger partial charge on any atom is 0.337 e. The molecule has 0 N–H and O–H groups in total. The fourth-order valence-electron chi connectivity index (χ4n) is 3.65. The molecule has 2 aromatic carbocycles. The van der Waals surface area contributed by atoms with Crippen LogP contribution in [0.5, 0.6) is 0 Å². The van der Waals surface area contributed by atoms with Gasteiger partial charge >= 0.3 is 5.97 Å². The molecule has 0 aromatic heterocycles. The molecular weight excluding hydrogens is 390 g/mol. The molecule has 0 spiro atoms. The lowest BCUT2D eigenvalue weighted by atomic mass is 9.78. The number of rotatable bonds is 5. The summed E-state index contributed by atoms with van der Waals surface area (Å²) in [6.45, 7) is 6.10. The highest BCUT2D eigenvalue weighted by Gasteiger charge is 2.47. The Morgan fingerprint density at radius 3 is 2.10 bits per heavy atom. The molecule has 1 heterocycles. The Morgan fingerprint density at radius 1 is 1.00 bits per heavy atom. The highest BCUT2D eigenvalue weighted by atomic mass is 32.2. The van der Waals surface area contributed by atoms with Gasteiger partial charge in [-0.3, -0.25) is 4.79 Å². The maximum absolute atomic E-state index is 13.1. The number of methoxy groups -OCH3 is 1. The average Bonchev–Trinajstić information content (AvgIpc) is 3.03. The fraction of sp³-hybridized carbons (Fsp3) is 0.364. The quantitative estimate of drug-likeness (QED) is 0.553. The Hall–Kier alpha value is -2.51. The van der Waals surface area contributed by atoms with Crippen LogP contribution in [0.4, 0.5) is 0 Å². The number of sulfonamides is 1. The molecule has 1 aliphatic heterocycles. The van der Waals surface area contributed by atoms with Crippen LogP contribution in [0.1, 0.15) is 40.1 Å². The summed E-state index contributed by atoms with van der Waals surface area (Å²) in [6, 6.07) is 13.0. The second-order valence-corrected chi connectivity index (χ2v) is 10.0. The van der Waals surface area contributed by atoms with Crippen molar-refractivity contribution in [3.63, 3.8) is 0 Å². The summed E-state index contributed by atoms with van der Waals surface area (Å²) in [5.74, 6) is -1.08. The van der Waals surface area contributed by atoms with Crippen molar-refractivity contribution in [1.82, 2.24) is 4.31 Å². The van der Waals surface area contributed by atoms with E-state index in [9.17, 15) is 18.0 Å². The molecule has 1 saturated heterocycles. The Bertz CT molecular complexity index is 1020. The number of benzene rings is 2. The van der Waals surface area contributed by atoms with Gasteiger partial charge in [0.1, 0.15) is 0 Å². The van der Waals surface area contributed by atoms with E-state index in [-0.39, 0.29) is 23.8 Å². The normalized spacial score (nSPS) is 19.1. The zero-order valence-corrected chi connectivity index (χ0v) is 17.8. The standard InChI is InChI=1S/C22H25NO5S/c1-15-5-11-18(12-6-15)29(26,27)23-13-19(22(2,3)14-23)20(24)16-7-9-17(10-8-16)21(25)28-4/h5-12,19H,13-14H2,1-4H3. The third kappa shape index (κ3) is 4.11. The molecule has 0 amide bonds. The van der Waals surface area contributed by atoms with Gasteiger partial charge in [0.2, 0.25) is 10.0 Å². The number of nitrogens with zero attached hydrogens (tertiary/aromatic N) is 1. The molecule has 29 heavy (non-hydrogen) atoms. The summed E-state index contributed by atoms with van der Waals surface area (Å²) in [6.07, 6.45) is 0. The topological polar surface area (TPSA) is 80.8 Å². The zero-order chi connectivity index (χ0) is 21.4. The number of aryl methyl sites for hydroxylation is 1. The molecule has 1 atom stereocenters. The second-order valence-electron chi connectivity index (χ2n) is 8.08. The fourth-order valence-corrected chi connectivity index (χ4v) is 5.28. The third-order valence-electron chi connectivity index (χ3n) is 5.48. The van der Waals surface area contributed by atoms with E-state index in [4.69, 9.17) is 0 Å². The Kier molecular flexibility index (Phi) is 5.65. The first kappa shape index (κ1) is 21.2. The molecule has 1 unspecified atom stereocenters. The first-order chi connectivity index (χ1) is 13.6. The van der Waals surface area contributed by atoms with Crippen LogP contribution in [0.2, 0.25) is 0 Å². The highest BCUT2D eigenvalue weighted by molar-refractivity contribution is 7.89. The van der Waals surface area contributed by atoms with E-state index < -0.39 is 27.3 Å². The van der Waals surface area contributed by atoms with Gasteiger partial charge in [0.25, 0.3) is 0 Å². The lowest BCUT2D eigenvalue weighted by Gasteiger charge is -2.24. The van der Waals surface area contributed by atoms with Gasteiger partial charge in [0, 0.05) is 24.6 Å². The van der Waals surface area contributed by atoms with Gasteiger partial charge < -0.3 is 4.74 Å². The van der Waals surface area contributed by atoms with Crippen LogP contribution in [-0.2, 0) is 14.8 Å². The summed E-state index contributed by atoms with van der Waals surface area (Å²) < 4.78 is 32.2. The van der Waals surface area contributed by atoms with E-state index in [0.717, 1.165) is 5.56 Å². The Labute approximate surface area is 171 Å². The largest absolute Gasteiger partial charge is 0.465 e. The first-order valence-corrected chi connectivity index (χ1v) is 10.8. The molecule has 0 bridgehead atoms. The summed E-state index contributed by atoms with van der Waals surface area (Å²) in [5.41, 5.74) is 1.27. The highest BCUT2D eigenvalue weighted by Crippen LogP contribution is 2.39. The predicted molar refractivity (Wildman–Crippen MR) is 109 cm³/mol. The molecule has 7 heteroatoms. The van der Waals surface area contributed by atoms with Gasteiger partial charge in [0.15, 0.2) is 5.78 Å². The van der Waals surface area contributed by atoms with Crippen molar-refractivity contribution in [3.05, 3.63) is 65.2 Å². The average molecular weight is 416 g/mol. The van der Waals surface area contributed by atoms with Gasteiger partial charge in [-0.2, -0.15) is 4.31 Å². The Balaban J connectivity index is 1.84. The summed E-state index contributed by atoms with van der Waals surface area (Å²) in [4.78, 5) is 24.9. The molecule has 3 rings (SSSR count). The van der Waals surface area contributed by atoms with Crippen molar-refractivity contribution in [2.75, 3.05) is 20.2 Å². The van der Waals surface area contributed by atoms with Gasteiger partial charge in [-0.1, -0.05) is 43.7 Å². The van der Waals surface area contributed by atoms with E-state index >= 15 is 0 Å². The second kappa shape index (κ2) is 7.72. The molecule has 0 radical (unpaired) electrons. The van der Waals surface area contributed by atoms with Crippen molar-refractivity contribution >= 4 is 21.8 Å². The number of ether oxygens (including phenoxy) is 1. The van der Waals surface area contributed by atoms with Crippen molar-refractivity contribution in [3.8, 4) is 0 Å². The molecule has 1 aliphatic rings. The number of carbonyl (C=O) groups excluding carboxylic acids is 2. The predicted octanol–water partition coefficient (Wildman–Crippen LogP) is 3.31. The molecule has 1 fully saturated rings. The minimum absolute atomic E-state index is 0.126. The first-order valence-electron chi connectivity index (χ1n) is 9.35. The summed E-state index contributed by atoms with van der Waals surface area (Å²) in [7, 11) is -2.38. The van der Waals surface area contributed by atoms with E-state index in [1.807, 2.05) is 20.8 Å². The SMILES string of the molecule is COC(=O)c1ccc(C(=O)C2CN(S(=O)(=O)c3ccc(C)cc3)CC2(C)C)cc1. The van der Waals surface area contributed by atoms with Crippen molar-refractivity contribution in [2.24, 2.45) is 11.3 Å². The lowest BCUT2D eigenvalue weighted by Crippen LogP contribution is -2.30. The summed E-state index contributed by atoms with van der Waals surface area (Å²) in [5, 5.41) is 0. The smallest absolute Gasteiger partial charge is 0.337 e. The van der Waals surface area contributed by atoms with E-state index in [1.165, 1.54) is 11.4 Å². The van der Waals surface area contributed by atoms with Gasteiger partial charge in [-0.15, -0.1) is 0 Å². The third-order valence-corrected chi connectivity index (χ3v) is 7.31. The zero-order valence-electron chi connectivity index (χ0n) is 17.0. The lowest BCUT2D eigenvalue weighted by molar-refractivity contribution is 0.0600. The van der Waals surface area contributed by atoms with Crippen LogP contribution < -0.4 is 0 Å². The van der Waals surface area contributed by atoms with E-state index in [2.05, 4.69) is 4.74 Å². The number of hydrogen-bond acceptors (Lipinski definition) is 5. The number of hydrogen-bond donors (Lipinski definition) is 0. The number of Topliss-reactive ketones (excluding diaryl/α,β-unsaturated/α-hetero) is 1. The summed E-state index contributed by atoms with van der Waals surface area (Å²) >= 11 is 0. The maximum atomic E-state index is 13.1. The Morgan fingerprint density at radius 2 is 1.55 bits per heavy atom. The van der Waals surface area contributed by atoms with Gasteiger partial charge in [0.05, 0.1) is 17.6 Å². The molecule has 0 aliphatic carbocycles. The molecule has 0 saturated carbocycles. The minimum atomic E-state index is -3.68. The van der Waals surface area contributed by atoms with Crippen LogP contribution in [-0.4, -0.2) is 44.7 Å². The van der Waals surface area contributed by atoms with Crippen molar-refractivity contribution < 1.29 is 22.7 Å². The number of ketones is 1. The van der Waals surface area contributed by atoms with E-state index in [1.54, 1.807) is 48.5 Å². The number of carbonyl (C=O) groups is 2. The van der Waals surface area contributed by atoms with Crippen LogP contribution in [0.25, 0.3) is 0 Å². The van der Waals surface area contributed by atoms with Crippen LogP contribution >= 0.6 is 0 Å². The number of esters is 1. The van der Waals surface area contributed by atoms with Crippen molar-refractivity contribution in [1.29, 1.82) is 0 Å². The minimum Gasteiger partial charge on any atom is -0.465 e. The van der Waals surface area contributed by atoms with Crippen LogP contribution in [0.15, 0.2) is 53.4 Å². The van der Waals surface area contributed by atoms with Gasteiger partial charge in [-0.05, 0) is 36.6 Å².